The summed E-state index contributed by atoms with van der Waals surface area (Å²) in [5, 5.41) is 13.3. The van der Waals surface area contributed by atoms with Crippen molar-refractivity contribution in [2.75, 3.05) is 5.32 Å². The van der Waals surface area contributed by atoms with Crippen molar-refractivity contribution < 1.29 is 14.5 Å². The normalized spacial score (nSPS) is 10.4. The molecule has 0 aliphatic heterocycles. The van der Waals surface area contributed by atoms with Gasteiger partial charge in [-0.15, -0.1) is 0 Å². The first-order chi connectivity index (χ1) is 10.9. The Hall–Kier alpha value is -2.89. The summed E-state index contributed by atoms with van der Waals surface area (Å²) in [4.78, 5) is 21.7. The zero-order valence-corrected chi connectivity index (χ0v) is 13.0. The number of nitro benzene ring substituents is 1. The van der Waals surface area contributed by atoms with Gasteiger partial charge in [0.05, 0.1) is 11.0 Å². The van der Waals surface area contributed by atoms with Crippen LogP contribution in [-0.4, -0.2) is 17.1 Å². The van der Waals surface area contributed by atoms with Gasteiger partial charge in [-0.3, -0.25) is 15.4 Å². The zero-order chi connectivity index (χ0) is 16.8. The number of hydrogen-bond donors (Lipinski definition) is 1. The van der Waals surface area contributed by atoms with E-state index in [-0.39, 0.29) is 11.8 Å². The number of nitrogens with one attached hydrogen (secondary N) is 1. The van der Waals surface area contributed by atoms with Gasteiger partial charge in [-0.2, -0.15) is 0 Å². The van der Waals surface area contributed by atoms with Gasteiger partial charge in [-0.05, 0) is 43.5 Å². The molecule has 2 rings (SSSR count). The molecule has 23 heavy (non-hydrogen) atoms. The molecule has 0 saturated heterocycles. The predicted octanol–water partition coefficient (Wildman–Crippen LogP) is 4.14. The molecule has 120 valence electrons. The van der Waals surface area contributed by atoms with E-state index in [4.69, 9.17) is 4.74 Å². The van der Waals surface area contributed by atoms with Crippen LogP contribution in [0.3, 0.4) is 0 Å². The minimum atomic E-state index is -0.483. The molecule has 0 fully saturated rings. The third kappa shape index (κ3) is 5.10. The number of rotatable bonds is 5. The fourth-order valence-electron chi connectivity index (χ4n) is 2.04. The predicted molar refractivity (Wildman–Crippen MR) is 87.6 cm³/mol. The molecule has 6 heteroatoms. The lowest BCUT2D eigenvalue weighted by atomic mass is 10.0. The van der Waals surface area contributed by atoms with E-state index in [0.717, 1.165) is 11.1 Å². The number of carbonyl (C=O) groups is 1. The van der Waals surface area contributed by atoms with Crippen LogP contribution in [0.2, 0.25) is 0 Å². The minimum Gasteiger partial charge on any atom is -0.447 e. The Kier molecular flexibility index (Phi) is 5.30. The highest BCUT2D eigenvalue weighted by molar-refractivity contribution is 5.84. The second-order valence-electron chi connectivity index (χ2n) is 5.38. The molecule has 0 aromatic heterocycles. The van der Waals surface area contributed by atoms with Crippen molar-refractivity contribution in [1.29, 1.82) is 0 Å². The number of amides is 1. The maximum Gasteiger partial charge on any atom is 0.411 e. The Bertz CT molecular complexity index is 679. The number of nitrogens with zero attached hydrogens (tertiary/aromatic N) is 1. The SMILES string of the molecule is CC(C)OC(=O)Nc1ccc(Cc2ccc([N+](=O)[O-])cc2)cc1. The first kappa shape index (κ1) is 16.5. The molecule has 1 amide bonds. The lowest BCUT2D eigenvalue weighted by Gasteiger charge is -2.10. The lowest BCUT2D eigenvalue weighted by molar-refractivity contribution is -0.384. The highest BCUT2D eigenvalue weighted by Gasteiger charge is 2.06. The first-order valence-electron chi connectivity index (χ1n) is 7.24. The van der Waals surface area contributed by atoms with Crippen molar-refractivity contribution in [2.45, 2.75) is 26.4 Å². The Morgan fingerprint density at radius 3 is 2.09 bits per heavy atom. The largest absolute Gasteiger partial charge is 0.447 e. The molecule has 6 nitrogen and oxygen atoms in total. The molecule has 0 unspecified atom stereocenters. The van der Waals surface area contributed by atoms with Crippen LogP contribution in [0.1, 0.15) is 25.0 Å². The van der Waals surface area contributed by atoms with Gasteiger partial charge in [0.2, 0.25) is 0 Å². The van der Waals surface area contributed by atoms with Gasteiger partial charge in [0, 0.05) is 17.8 Å². The van der Waals surface area contributed by atoms with Gasteiger partial charge in [0.25, 0.3) is 5.69 Å². The second-order valence-corrected chi connectivity index (χ2v) is 5.38. The fourth-order valence-corrected chi connectivity index (χ4v) is 2.04. The van der Waals surface area contributed by atoms with E-state index in [1.54, 1.807) is 38.1 Å². The van der Waals surface area contributed by atoms with Crippen LogP contribution in [0.15, 0.2) is 48.5 Å². The van der Waals surface area contributed by atoms with Crippen molar-refractivity contribution in [1.82, 2.24) is 0 Å². The molecule has 0 aliphatic rings. The van der Waals surface area contributed by atoms with Gasteiger partial charge in [0.1, 0.15) is 0 Å². The van der Waals surface area contributed by atoms with Crippen LogP contribution in [0.4, 0.5) is 16.2 Å². The van der Waals surface area contributed by atoms with Gasteiger partial charge in [0.15, 0.2) is 0 Å². The molecule has 0 atom stereocenters. The highest BCUT2D eigenvalue weighted by Crippen LogP contribution is 2.17. The standard InChI is InChI=1S/C17H18N2O4/c1-12(2)23-17(20)18-15-7-3-13(4-8-15)11-14-5-9-16(10-6-14)19(21)22/h3-10,12H,11H2,1-2H3,(H,18,20). The van der Waals surface area contributed by atoms with Crippen molar-refractivity contribution in [3.05, 3.63) is 69.8 Å². The van der Waals surface area contributed by atoms with Gasteiger partial charge in [-0.1, -0.05) is 24.3 Å². The Labute approximate surface area is 134 Å². The monoisotopic (exact) mass is 314 g/mol. The summed E-state index contributed by atoms with van der Waals surface area (Å²) < 4.78 is 5.01. The summed E-state index contributed by atoms with van der Waals surface area (Å²) >= 11 is 0. The summed E-state index contributed by atoms with van der Waals surface area (Å²) in [7, 11) is 0. The maximum absolute atomic E-state index is 11.5. The topological polar surface area (TPSA) is 81.5 Å². The molecule has 0 bridgehead atoms. The first-order valence-corrected chi connectivity index (χ1v) is 7.24. The quantitative estimate of drug-likeness (QED) is 0.664. The van der Waals surface area contributed by atoms with Crippen LogP contribution < -0.4 is 5.32 Å². The molecule has 1 N–H and O–H groups in total. The van der Waals surface area contributed by atoms with Crippen LogP contribution >= 0.6 is 0 Å². The zero-order valence-electron chi connectivity index (χ0n) is 13.0. The summed E-state index contributed by atoms with van der Waals surface area (Å²) in [5.41, 5.74) is 2.76. The van der Waals surface area contributed by atoms with E-state index in [1.165, 1.54) is 12.1 Å². The summed E-state index contributed by atoms with van der Waals surface area (Å²) in [5.74, 6) is 0. The number of anilines is 1. The maximum atomic E-state index is 11.5. The van der Waals surface area contributed by atoms with E-state index < -0.39 is 11.0 Å². The van der Waals surface area contributed by atoms with E-state index in [9.17, 15) is 14.9 Å². The van der Waals surface area contributed by atoms with Gasteiger partial charge in [-0.25, -0.2) is 4.79 Å². The average molecular weight is 314 g/mol. The number of hydrogen-bond acceptors (Lipinski definition) is 4. The molecule has 0 aliphatic carbocycles. The smallest absolute Gasteiger partial charge is 0.411 e. The Morgan fingerprint density at radius 1 is 1.09 bits per heavy atom. The molecule has 0 heterocycles. The molecule has 0 radical (unpaired) electrons. The summed E-state index contributed by atoms with van der Waals surface area (Å²) in [6.07, 6.45) is 0.00821. The van der Waals surface area contributed by atoms with Crippen LogP contribution in [0, 0.1) is 10.1 Å². The lowest BCUT2D eigenvalue weighted by Crippen LogP contribution is -2.17. The minimum absolute atomic E-state index is 0.0805. The van der Waals surface area contributed by atoms with Crippen molar-refractivity contribution in [2.24, 2.45) is 0 Å². The third-order valence-electron chi connectivity index (χ3n) is 3.10. The molecule has 2 aromatic carbocycles. The highest BCUT2D eigenvalue weighted by atomic mass is 16.6. The van der Waals surface area contributed by atoms with Crippen molar-refractivity contribution in [3.63, 3.8) is 0 Å². The van der Waals surface area contributed by atoms with E-state index in [2.05, 4.69) is 5.32 Å². The molecule has 0 spiro atoms. The van der Waals surface area contributed by atoms with Gasteiger partial charge < -0.3 is 4.74 Å². The van der Waals surface area contributed by atoms with Crippen molar-refractivity contribution in [3.8, 4) is 0 Å². The number of nitro groups is 1. The Morgan fingerprint density at radius 2 is 1.61 bits per heavy atom. The van der Waals surface area contributed by atoms with Gasteiger partial charge >= 0.3 is 6.09 Å². The Balaban J connectivity index is 1.97. The average Bonchev–Trinajstić information content (AvgIpc) is 2.49. The van der Waals surface area contributed by atoms with E-state index in [0.29, 0.717) is 12.1 Å². The number of ether oxygens (including phenoxy) is 1. The van der Waals surface area contributed by atoms with E-state index in [1.807, 2.05) is 12.1 Å². The summed E-state index contributed by atoms with van der Waals surface area (Å²) in [6.45, 7) is 3.57. The molecular weight excluding hydrogens is 296 g/mol. The van der Waals surface area contributed by atoms with Crippen LogP contribution in [-0.2, 0) is 11.2 Å². The molecular formula is C17H18N2O4. The second kappa shape index (κ2) is 7.40. The summed E-state index contributed by atoms with van der Waals surface area (Å²) in [6, 6.07) is 13.8. The molecule has 0 saturated carbocycles. The third-order valence-corrected chi connectivity index (χ3v) is 3.10. The number of carbonyl (C=O) groups excluding carboxylic acids is 1. The number of benzene rings is 2. The van der Waals surface area contributed by atoms with Crippen LogP contribution in [0.25, 0.3) is 0 Å². The van der Waals surface area contributed by atoms with E-state index >= 15 is 0 Å². The number of non-ortho nitro benzene ring substituents is 1. The molecule has 2 aromatic rings. The van der Waals surface area contributed by atoms with Crippen molar-refractivity contribution >= 4 is 17.5 Å². The fraction of sp³-hybridized carbons (Fsp3) is 0.235. The van der Waals surface area contributed by atoms with Crippen LogP contribution in [0.5, 0.6) is 0 Å².